The van der Waals surface area contributed by atoms with E-state index >= 15 is 0 Å². The SMILES string of the molecule is CCCC[C@H](C(=O)OCC(=O)Nc1cc(Cl)ccc1Cl)N1C(=O)[C@H]2C3c4ccccc4C(c4ccccc43)[C@@H]2C1=O. The van der Waals surface area contributed by atoms with Crippen molar-refractivity contribution in [1.29, 1.82) is 0 Å². The Balaban J connectivity index is 1.26. The van der Waals surface area contributed by atoms with Gasteiger partial charge in [-0.15, -0.1) is 0 Å². The highest BCUT2D eigenvalue weighted by atomic mass is 35.5. The van der Waals surface area contributed by atoms with Crippen LogP contribution in [0.2, 0.25) is 10.0 Å². The molecule has 1 fully saturated rings. The quantitative estimate of drug-likeness (QED) is 0.259. The van der Waals surface area contributed by atoms with Gasteiger partial charge in [0.05, 0.1) is 22.5 Å². The standard InChI is InChI=1S/C32H28Cl2N2O5/c1-2-3-12-24(32(40)41-16-25(37)35-23-15-17(33)13-14-22(23)34)36-30(38)28-26-18-8-4-5-9-19(18)27(29(28)31(36)39)21-11-7-6-10-20(21)26/h4-11,13-15,24,26-29H,2-3,12,16H2,1H3,(H,35,37)/t24-,26?,27?,28+,29+/m1/s1. The molecule has 0 radical (unpaired) electrons. The number of carbonyl (C=O) groups is 4. The molecule has 3 aliphatic carbocycles. The molecule has 3 aromatic carbocycles. The van der Waals surface area contributed by atoms with Gasteiger partial charge in [0.25, 0.3) is 5.91 Å². The summed E-state index contributed by atoms with van der Waals surface area (Å²) >= 11 is 12.1. The van der Waals surface area contributed by atoms with Gasteiger partial charge in [0, 0.05) is 16.9 Å². The van der Waals surface area contributed by atoms with Gasteiger partial charge in [-0.2, -0.15) is 0 Å². The Bertz CT molecular complexity index is 1460. The lowest BCUT2D eigenvalue weighted by atomic mass is 9.55. The average molecular weight is 591 g/mol. The fourth-order valence-corrected chi connectivity index (χ4v) is 7.11. The van der Waals surface area contributed by atoms with Crippen LogP contribution in [0.25, 0.3) is 0 Å². The number of hydrogen-bond acceptors (Lipinski definition) is 5. The summed E-state index contributed by atoms with van der Waals surface area (Å²) < 4.78 is 5.39. The van der Waals surface area contributed by atoms with Gasteiger partial charge in [-0.3, -0.25) is 19.3 Å². The molecule has 7 nitrogen and oxygen atoms in total. The van der Waals surface area contributed by atoms with Crippen LogP contribution in [0.5, 0.6) is 0 Å². The molecule has 0 spiro atoms. The van der Waals surface area contributed by atoms with Crippen molar-refractivity contribution in [1.82, 2.24) is 4.90 Å². The van der Waals surface area contributed by atoms with Gasteiger partial charge >= 0.3 is 5.97 Å². The van der Waals surface area contributed by atoms with Crippen LogP contribution < -0.4 is 5.32 Å². The third-order valence-electron chi connectivity index (χ3n) is 8.45. The first kappa shape index (κ1) is 27.5. The van der Waals surface area contributed by atoms with Crippen molar-refractivity contribution >= 4 is 52.6 Å². The molecule has 41 heavy (non-hydrogen) atoms. The normalized spacial score (nSPS) is 22.6. The molecule has 210 valence electrons. The van der Waals surface area contributed by atoms with Crippen LogP contribution in [0.3, 0.4) is 0 Å². The van der Waals surface area contributed by atoms with Crippen LogP contribution in [0.15, 0.2) is 66.7 Å². The van der Waals surface area contributed by atoms with Gasteiger partial charge in [0.2, 0.25) is 11.8 Å². The second kappa shape index (κ2) is 11.0. The predicted octanol–water partition coefficient (Wildman–Crippen LogP) is 5.93. The Labute approximate surface area is 247 Å². The van der Waals surface area contributed by atoms with Crippen LogP contribution in [0, 0.1) is 11.8 Å². The minimum atomic E-state index is -1.12. The number of esters is 1. The molecule has 1 N–H and O–H groups in total. The van der Waals surface area contributed by atoms with Crippen molar-refractivity contribution < 1.29 is 23.9 Å². The fourth-order valence-electron chi connectivity index (χ4n) is 6.77. The van der Waals surface area contributed by atoms with Crippen LogP contribution in [0.4, 0.5) is 5.69 Å². The molecule has 3 atom stereocenters. The minimum absolute atomic E-state index is 0.253. The molecule has 0 unspecified atom stereocenters. The van der Waals surface area contributed by atoms with Gasteiger partial charge in [-0.25, -0.2) is 4.79 Å². The first-order valence-electron chi connectivity index (χ1n) is 13.8. The number of nitrogens with one attached hydrogen (secondary N) is 1. The van der Waals surface area contributed by atoms with Gasteiger partial charge in [-0.1, -0.05) is 91.5 Å². The molecule has 0 aromatic heterocycles. The Morgan fingerprint density at radius 2 is 1.41 bits per heavy atom. The van der Waals surface area contributed by atoms with E-state index in [2.05, 4.69) is 5.32 Å². The summed E-state index contributed by atoms with van der Waals surface area (Å²) in [5, 5.41) is 3.24. The summed E-state index contributed by atoms with van der Waals surface area (Å²) in [6.07, 6.45) is 1.61. The summed E-state index contributed by atoms with van der Waals surface area (Å²) in [5.41, 5.74) is 4.52. The van der Waals surface area contributed by atoms with E-state index in [9.17, 15) is 19.2 Å². The molecule has 1 heterocycles. The lowest BCUT2D eigenvalue weighted by Gasteiger charge is -2.45. The van der Waals surface area contributed by atoms with Gasteiger partial charge < -0.3 is 10.1 Å². The molecule has 2 bridgehead atoms. The van der Waals surface area contributed by atoms with E-state index in [1.54, 1.807) is 12.1 Å². The number of likely N-dealkylation sites (tertiary alicyclic amines) is 1. The topological polar surface area (TPSA) is 92.8 Å². The molecule has 3 aromatic rings. The van der Waals surface area contributed by atoms with Crippen molar-refractivity contribution in [2.75, 3.05) is 11.9 Å². The van der Waals surface area contributed by atoms with Crippen molar-refractivity contribution in [3.05, 3.63) is 99.0 Å². The highest BCUT2D eigenvalue weighted by molar-refractivity contribution is 6.35. The minimum Gasteiger partial charge on any atom is -0.454 e. The van der Waals surface area contributed by atoms with Gasteiger partial charge in [0.1, 0.15) is 6.04 Å². The summed E-state index contributed by atoms with van der Waals surface area (Å²) in [6.45, 7) is 1.36. The molecule has 9 heteroatoms. The smallest absolute Gasteiger partial charge is 0.329 e. The largest absolute Gasteiger partial charge is 0.454 e. The number of unbranched alkanes of at least 4 members (excludes halogenated alkanes) is 1. The summed E-state index contributed by atoms with van der Waals surface area (Å²) in [5.74, 6) is -3.84. The Hall–Kier alpha value is -3.68. The summed E-state index contributed by atoms with van der Waals surface area (Å²) in [6, 6.07) is 19.5. The molecule has 7 rings (SSSR count). The first-order chi connectivity index (χ1) is 19.8. The molecular formula is C32H28Cl2N2O5. The maximum absolute atomic E-state index is 14.1. The predicted molar refractivity (Wildman–Crippen MR) is 155 cm³/mol. The second-order valence-electron chi connectivity index (χ2n) is 10.7. The number of carbonyl (C=O) groups excluding carboxylic acids is 4. The second-order valence-corrected chi connectivity index (χ2v) is 11.6. The number of rotatable bonds is 8. The Morgan fingerprint density at radius 3 is 1.93 bits per heavy atom. The zero-order chi connectivity index (χ0) is 28.8. The number of amides is 3. The number of ether oxygens (including phenoxy) is 1. The van der Waals surface area contributed by atoms with E-state index in [1.165, 1.54) is 6.07 Å². The van der Waals surface area contributed by atoms with E-state index in [4.69, 9.17) is 27.9 Å². The third-order valence-corrected chi connectivity index (χ3v) is 9.01. The summed E-state index contributed by atoms with van der Waals surface area (Å²) in [4.78, 5) is 55.4. The molecule has 1 saturated heterocycles. The zero-order valence-electron chi connectivity index (χ0n) is 22.3. The molecular weight excluding hydrogens is 563 g/mol. The van der Waals surface area contributed by atoms with Crippen molar-refractivity contribution in [3.8, 4) is 0 Å². The lowest BCUT2D eigenvalue weighted by molar-refractivity contribution is -0.160. The van der Waals surface area contributed by atoms with Crippen molar-refractivity contribution in [2.45, 2.75) is 44.1 Å². The van der Waals surface area contributed by atoms with Gasteiger partial charge in [0.15, 0.2) is 6.61 Å². The van der Waals surface area contributed by atoms with E-state index in [0.29, 0.717) is 11.4 Å². The maximum atomic E-state index is 14.1. The number of benzene rings is 3. The third kappa shape index (κ3) is 4.61. The number of hydrogen-bond donors (Lipinski definition) is 1. The van der Waals surface area contributed by atoms with E-state index in [-0.39, 0.29) is 40.8 Å². The number of halogens is 2. The van der Waals surface area contributed by atoms with Crippen molar-refractivity contribution in [3.63, 3.8) is 0 Å². The van der Waals surface area contributed by atoms with Crippen LogP contribution in [0.1, 0.15) is 60.3 Å². The van der Waals surface area contributed by atoms with E-state index < -0.39 is 36.4 Å². The maximum Gasteiger partial charge on any atom is 0.329 e. The molecule has 4 aliphatic rings. The summed E-state index contributed by atoms with van der Waals surface area (Å²) in [7, 11) is 0. The van der Waals surface area contributed by atoms with Crippen LogP contribution in [-0.4, -0.2) is 41.2 Å². The van der Waals surface area contributed by atoms with E-state index in [0.717, 1.165) is 33.6 Å². The Kier molecular flexibility index (Phi) is 7.34. The molecule has 0 saturated carbocycles. The van der Waals surface area contributed by atoms with Crippen LogP contribution in [-0.2, 0) is 23.9 Å². The highest BCUT2D eigenvalue weighted by Crippen LogP contribution is 2.61. The van der Waals surface area contributed by atoms with Crippen LogP contribution >= 0.6 is 23.2 Å². The van der Waals surface area contributed by atoms with E-state index in [1.807, 2.05) is 55.5 Å². The number of imide groups is 1. The average Bonchev–Trinajstić information content (AvgIpc) is 3.24. The lowest BCUT2D eigenvalue weighted by Crippen LogP contribution is -2.47. The molecule has 1 aliphatic heterocycles. The van der Waals surface area contributed by atoms with Gasteiger partial charge in [-0.05, 0) is 46.9 Å². The first-order valence-corrected chi connectivity index (χ1v) is 14.5. The number of nitrogens with zero attached hydrogens (tertiary/aromatic N) is 1. The number of anilines is 1. The monoisotopic (exact) mass is 590 g/mol. The van der Waals surface area contributed by atoms with Crippen molar-refractivity contribution in [2.24, 2.45) is 11.8 Å². The molecule has 3 amide bonds. The fraction of sp³-hybridized carbons (Fsp3) is 0.312. The Morgan fingerprint density at radius 1 is 0.878 bits per heavy atom. The zero-order valence-corrected chi connectivity index (χ0v) is 23.8. The highest BCUT2D eigenvalue weighted by Gasteiger charge is 2.63.